The van der Waals surface area contributed by atoms with Gasteiger partial charge in [0.1, 0.15) is 0 Å². The van der Waals surface area contributed by atoms with Gasteiger partial charge in [-0.3, -0.25) is 4.98 Å². The van der Waals surface area contributed by atoms with E-state index in [0.717, 1.165) is 31.9 Å². The second-order valence-corrected chi connectivity index (χ2v) is 5.58. The van der Waals surface area contributed by atoms with E-state index in [2.05, 4.69) is 30.2 Å². The molecule has 2 N–H and O–H groups in total. The Labute approximate surface area is 122 Å². The minimum atomic E-state index is -0.428. The van der Waals surface area contributed by atoms with Crippen LogP contribution in [0.2, 0.25) is 0 Å². The zero-order chi connectivity index (χ0) is 14.6. The van der Waals surface area contributed by atoms with Crippen molar-refractivity contribution < 1.29 is 9.84 Å². The second-order valence-electron chi connectivity index (χ2n) is 5.58. The van der Waals surface area contributed by atoms with Crippen molar-refractivity contribution in [2.75, 3.05) is 26.3 Å². The highest BCUT2D eigenvalue weighted by Crippen LogP contribution is 2.03. The Kier molecular flexibility index (Phi) is 9.20. The van der Waals surface area contributed by atoms with Gasteiger partial charge >= 0.3 is 0 Å². The minimum absolute atomic E-state index is 0.415. The number of hydrogen-bond acceptors (Lipinski definition) is 4. The quantitative estimate of drug-likeness (QED) is 0.609. The number of pyridine rings is 1. The van der Waals surface area contributed by atoms with Crippen molar-refractivity contribution in [1.82, 2.24) is 10.3 Å². The maximum Gasteiger partial charge on any atom is 0.0897 e. The van der Waals surface area contributed by atoms with Crippen molar-refractivity contribution >= 4 is 0 Å². The van der Waals surface area contributed by atoms with E-state index in [9.17, 15) is 5.11 Å². The number of aliphatic hydroxyl groups is 1. The zero-order valence-electron chi connectivity index (χ0n) is 12.7. The van der Waals surface area contributed by atoms with Crippen LogP contribution in [0, 0.1) is 5.92 Å². The van der Waals surface area contributed by atoms with E-state index < -0.39 is 6.10 Å². The zero-order valence-corrected chi connectivity index (χ0v) is 12.7. The first-order valence-electron chi connectivity index (χ1n) is 7.54. The number of rotatable bonds is 11. The molecule has 0 aliphatic rings. The molecular formula is C16H28N2O2. The molecule has 0 spiro atoms. The van der Waals surface area contributed by atoms with Crippen molar-refractivity contribution in [2.24, 2.45) is 5.92 Å². The number of ether oxygens (including phenoxy) is 1. The first kappa shape index (κ1) is 17.1. The third-order valence-corrected chi connectivity index (χ3v) is 3.07. The first-order chi connectivity index (χ1) is 9.68. The molecule has 114 valence electrons. The van der Waals surface area contributed by atoms with Gasteiger partial charge in [0.2, 0.25) is 0 Å². The molecular weight excluding hydrogens is 252 g/mol. The topological polar surface area (TPSA) is 54.4 Å². The molecule has 0 aliphatic carbocycles. The average molecular weight is 280 g/mol. The Balaban J connectivity index is 1.93. The molecule has 0 amide bonds. The van der Waals surface area contributed by atoms with Gasteiger partial charge in [-0.15, -0.1) is 0 Å². The largest absolute Gasteiger partial charge is 0.389 e. The standard InChI is InChI=1S/C16H28N2O2/c1-14(2)5-4-10-20-13-16(19)12-18-9-7-15-6-3-8-17-11-15/h3,6,8,11,14,16,18-19H,4-5,7,9-10,12-13H2,1-2H3. The van der Waals surface area contributed by atoms with Crippen LogP contribution in [0.25, 0.3) is 0 Å². The molecule has 0 radical (unpaired) electrons. The van der Waals surface area contributed by atoms with Gasteiger partial charge < -0.3 is 15.2 Å². The highest BCUT2D eigenvalue weighted by molar-refractivity contribution is 5.08. The van der Waals surface area contributed by atoms with E-state index >= 15 is 0 Å². The molecule has 1 unspecified atom stereocenters. The molecule has 1 aromatic heterocycles. The molecule has 1 aromatic rings. The van der Waals surface area contributed by atoms with E-state index in [1.807, 2.05) is 12.3 Å². The minimum Gasteiger partial charge on any atom is -0.389 e. The van der Waals surface area contributed by atoms with Crippen molar-refractivity contribution in [3.63, 3.8) is 0 Å². The Morgan fingerprint density at radius 2 is 2.25 bits per heavy atom. The maximum absolute atomic E-state index is 9.76. The van der Waals surface area contributed by atoms with Gasteiger partial charge in [-0.05, 0) is 43.4 Å². The second kappa shape index (κ2) is 10.8. The summed E-state index contributed by atoms with van der Waals surface area (Å²) in [5.74, 6) is 0.720. The molecule has 0 saturated carbocycles. The fourth-order valence-electron chi connectivity index (χ4n) is 1.92. The van der Waals surface area contributed by atoms with Gasteiger partial charge in [0.15, 0.2) is 0 Å². The van der Waals surface area contributed by atoms with Crippen LogP contribution >= 0.6 is 0 Å². The lowest BCUT2D eigenvalue weighted by atomic mass is 10.1. The van der Waals surface area contributed by atoms with Gasteiger partial charge in [-0.25, -0.2) is 0 Å². The summed E-state index contributed by atoms with van der Waals surface area (Å²) in [6.07, 6.45) is 6.39. The van der Waals surface area contributed by atoms with Crippen molar-refractivity contribution in [1.29, 1.82) is 0 Å². The summed E-state index contributed by atoms with van der Waals surface area (Å²) in [4.78, 5) is 4.07. The molecule has 0 bridgehead atoms. The van der Waals surface area contributed by atoms with Crippen LogP contribution in [0.4, 0.5) is 0 Å². The lowest BCUT2D eigenvalue weighted by Gasteiger charge is -2.12. The van der Waals surface area contributed by atoms with E-state index in [1.165, 1.54) is 12.0 Å². The molecule has 0 fully saturated rings. The fraction of sp³-hybridized carbons (Fsp3) is 0.688. The van der Waals surface area contributed by atoms with Crippen molar-refractivity contribution in [3.8, 4) is 0 Å². The van der Waals surface area contributed by atoms with Crippen LogP contribution in [-0.4, -0.2) is 42.5 Å². The van der Waals surface area contributed by atoms with Gasteiger partial charge in [0.25, 0.3) is 0 Å². The highest BCUT2D eigenvalue weighted by atomic mass is 16.5. The third kappa shape index (κ3) is 9.02. The maximum atomic E-state index is 9.76. The molecule has 1 atom stereocenters. The van der Waals surface area contributed by atoms with Crippen LogP contribution < -0.4 is 5.32 Å². The number of nitrogens with zero attached hydrogens (tertiary/aromatic N) is 1. The van der Waals surface area contributed by atoms with Crippen LogP contribution in [0.3, 0.4) is 0 Å². The Bertz CT molecular complexity index is 331. The van der Waals surface area contributed by atoms with Gasteiger partial charge in [-0.1, -0.05) is 19.9 Å². The molecule has 4 nitrogen and oxygen atoms in total. The molecule has 20 heavy (non-hydrogen) atoms. The molecule has 1 heterocycles. The predicted octanol–water partition coefficient (Wildman–Crippen LogP) is 2.03. The summed E-state index contributed by atoms with van der Waals surface area (Å²) < 4.78 is 5.46. The van der Waals surface area contributed by atoms with E-state index in [-0.39, 0.29) is 0 Å². The Hall–Kier alpha value is -0.970. The molecule has 0 aromatic carbocycles. The normalized spacial score (nSPS) is 12.8. The summed E-state index contributed by atoms with van der Waals surface area (Å²) in [6.45, 7) is 6.99. The monoisotopic (exact) mass is 280 g/mol. The molecule has 0 aliphatic heterocycles. The first-order valence-corrected chi connectivity index (χ1v) is 7.54. The fourth-order valence-corrected chi connectivity index (χ4v) is 1.92. The van der Waals surface area contributed by atoms with Crippen molar-refractivity contribution in [2.45, 2.75) is 39.2 Å². The van der Waals surface area contributed by atoms with Crippen LogP contribution in [0.5, 0.6) is 0 Å². The lowest BCUT2D eigenvalue weighted by molar-refractivity contribution is 0.0349. The summed E-state index contributed by atoms with van der Waals surface area (Å²) in [6, 6.07) is 4.00. The van der Waals surface area contributed by atoms with E-state index in [4.69, 9.17) is 4.74 Å². The SMILES string of the molecule is CC(C)CCCOCC(O)CNCCc1cccnc1. The smallest absolute Gasteiger partial charge is 0.0897 e. The number of nitrogens with one attached hydrogen (secondary N) is 1. The lowest BCUT2D eigenvalue weighted by Crippen LogP contribution is -2.31. The van der Waals surface area contributed by atoms with E-state index in [0.29, 0.717) is 13.2 Å². The molecule has 0 saturated heterocycles. The summed E-state index contributed by atoms with van der Waals surface area (Å²) >= 11 is 0. The molecule has 4 heteroatoms. The van der Waals surface area contributed by atoms with Crippen LogP contribution in [0.1, 0.15) is 32.3 Å². The Morgan fingerprint density at radius 1 is 1.40 bits per heavy atom. The Morgan fingerprint density at radius 3 is 2.95 bits per heavy atom. The predicted molar refractivity (Wildman–Crippen MR) is 81.7 cm³/mol. The number of hydrogen-bond donors (Lipinski definition) is 2. The van der Waals surface area contributed by atoms with Crippen LogP contribution in [-0.2, 0) is 11.2 Å². The number of aromatic nitrogens is 1. The number of aliphatic hydroxyl groups excluding tert-OH is 1. The van der Waals surface area contributed by atoms with Crippen LogP contribution in [0.15, 0.2) is 24.5 Å². The van der Waals surface area contributed by atoms with Crippen molar-refractivity contribution in [3.05, 3.63) is 30.1 Å². The summed E-state index contributed by atoms with van der Waals surface area (Å²) in [5, 5.41) is 13.0. The summed E-state index contributed by atoms with van der Waals surface area (Å²) in [7, 11) is 0. The summed E-state index contributed by atoms with van der Waals surface area (Å²) in [5.41, 5.74) is 1.21. The van der Waals surface area contributed by atoms with E-state index in [1.54, 1.807) is 6.20 Å². The van der Waals surface area contributed by atoms with Gasteiger partial charge in [0, 0.05) is 25.5 Å². The highest BCUT2D eigenvalue weighted by Gasteiger charge is 2.03. The van der Waals surface area contributed by atoms with Gasteiger partial charge in [-0.2, -0.15) is 0 Å². The molecule has 1 rings (SSSR count). The third-order valence-electron chi connectivity index (χ3n) is 3.07. The average Bonchev–Trinajstić information content (AvgIpc) is 2.44. The van der Waals surface area contributed by atoms with Gasteiger partial charge in [0.05, 0.1) is 12.7 Å².